The lowest BCUT2D eigenvalue weighted by atomic mass is 9.96. The zero-order chi connectivity index (χ0) is 15.0. The Bertz CT molecular complexity index is 437. The van der Waals surface area contributed by atoms with E-state index in [0.717, 1.165) is 25.0 Å². The van der Waals surface area contributed by atoms with Crippen molar-refractivity contribution in [3.8, 4) is 5.88 Å². The van der Waals surface area contributed by atoms with Crippen LogP contribution in [0.3, 0.4) is 0 Å². The van der Waals surface area contributed by atoms with E-state index in [1.54, 1.807) is 6.07 Å². The standard InChI is InChI=1S/C14H24N4O2/c1-4-11(7-8-15)5-6-12(19)17-14-16-10(2)9-13(18-14)20-3/h9,11H,4-8,15H2,1-3H3,(H,16,17,18,19). The Morgan fingerprint density at radius 3 is 2.80 bits per heavy atom. The van der Waals surface area contributed by atoms with Crippen LogP contribution in [0.25, 0.3) is 0 Å². The van der Waals surface area contributed by atoms with Crippen molar-refractivity contribution in [2.75, 3.05) is 19.0 Å². The van der Waals surface area contributed by atoms with Crippen LogP contribution >= 0.6 is 0 Å². The Balaban J connectivity index is 2.51. The molecule has 1 amide bonds. The van der Waals surface area contributed by atoms with Crippen molar-refractivity contribution in [3.63, 3.8) is 0 Å². The Labute approximate surface area is 120 Å². The predicted molar refractivity (Wildman–Crippen MR) is 78.6 cm³/mol. The number of amides is 1. The number of nitrogens with zero attached hydrogens (tertiary/aromatic N) is 2. The molecule has 0 saturated heterocycles. The molecular weight excluding hydrogens is 256 g/mol. The molecule has 1 aromatic heterocycles. The van der Waals surface area contributed by atoms with Crippen LogP contribution in [0.1, 0.15) is 38.3 Å². The number of nitrogens with two attached hydrogens (primary N) is 1. The Morgan fingerprint density at radius 2 is 2.20 bits per heavy atom. The van der Waals surface area contributed by atoms with Crippen molar-refractivity contribution >= 4 is 11.9 Å². The van der Waals surface area contributed by atoms with Gasteiger partial charge in [0.1, 0.15) is 0 Å². The molecule has 112 valence electrons. The summed E-state index contributed by atoms with van der Waals surface area (Å²) in [5.41, 5.74) is 6.30. The fraction of sp³-hybridized carbons (Fsp3) is 0.643. The maximum absolute atomic E-state index is 11.9. The second kappa shape index (κ2) is 8.47. The molecular formula is C14H24N4O2. The topological polar surface area (TPSA) is 90.1 Å². The SMILES string of the molecule is CCC(CCN)CCC(=O)Nc1nc(C)cc(OC)n1. The molecule has 0 bridgehead atoms. The number of rotatable bonds is 8. The number of nitrogens with one attached hydrogen (secondary N) is 1. The zero-order valence-electron chi connectivity index (χ0n) is 12.5. The lowest BCUT2D eigenvalue weighted by Crippen LogP contribution is -2.17. The fourth-order valence-corrected chi connectivity index (χ4v) is 2.01. The van der Waals surface area contributed by atoms with Crippen LogP contribution < -0.4 is 15.8 Å². The molecule has 20 heavy (non-hydrogen) atoms. The van der Waals surface area contributed by atoms with Gasteiger partial charge in [-0.1, -0.05) is 13.3 Å². The second-order valence-electron chi connectivity index (χ2n) is 4.81. The lowest BCUT2D eigenvalue weighted by Gasteiger charge is -2.13. The molecule has 0 saturated carbocycles. The Morgan fingerprint density at radius 1 is 1.45 bits per heavy atom. The number of carbonyl (C=O) groups is 1. The third-order valence-corrected chi connectivity index (χ3v) is 3.22. The number of hydrogen-bond donors (Lipinski definition) is 2. The van der Waals surface area contributed by atoms with Gasteiger partial charge in [-0.3, -0.25) is 10.1 Å². The molecule has 6 heteroatoms. The van der Waals surface area contributed by atoms with Gasteiger partial charge in [-0.05, 0) is 32.2 Å². The maximum Gasteiger partial charge on any atom is 0.232 e. The summed E-state index contributed by atoms with van der Waals surface area (Å²) in [6, 6.07) is 1.71. The number of carbonyl (C=O) groups excluding carboxylic acids is 1. The van der Waals surface area contributed by atoms with Gasteiger partial charge in [-0.2, -0.15) is 4.98 Å². The zero-order valence-corrected chi connectivity index (χ0v) is 12.5. The van der Waals surface area contributed by atoms with Gasteiger partial charge < -0.3 is 10.5 Å². The molecule has 0 aromatic carbocycles. The summed E-state index contributed by atoms with van der Waals surface area (Å²) < 4.78 is 5.05. The van der Waals surface area contributed by atoms with E-state index >= 15 is 0 Å². The first kappa shape index (κ1) is 16.4. The predicted octanol–water partition coefficient (Wildman–Crippen LogP) is 1.89. The highest BCUT2D eigenvalue weighted by Crippen LogP contribution is 2.16. The van der Waals surface area contributed by atoms with Crippen LogP contribution in [-0.4, -0.2) is 29.5 Å². The van der Waals surface area contributed by atoms with E-state index in [-0.39, 0.29) is 5.91 Å². The highest BCUT2D eigenvalue weighted by Gasteiger charge is 2.11. The molecule has 0 fully saturated rings. The van der Waals surface area contributed by atoms with Crippen molar-refractivity contribution in [3.05, 3.63) is 11.8 Å². The third kappa shape index (κ3) is 5.52. The van der Waals surface area contributed by atoms with Gasteiger partial charge in [-0.15, -0.1) is 0 Å². The summed E-state index contributed by atoms with van der Waals surface area (Å²) >= 11 is 0. The van der Waals surface area contributed by atoms with E-state index in [2.05, 4.69) is 22.2 Å². The summed E-state index contributed by atoms with van der Waals surface area (Å²) in [6.45, 7) is 4.61. The number of aryl methyl sites for hydroxylation is 1. The van der Waals surface area contributed by atoms with Crippen LogP contribution in [-0.2, 0) is 4.79 Å². The highest BCUT2D eigenvalue weighted by molar-refractivity contribution is 5.88. The summed E-state index contributed by atoms with van der Waals surface area (Å²) in [4.78, 5) is 20.1. The summed E-state index contributed by atoms with van der Waals surface area (Å²) in [6.07, 6.45) is 3.29. The van der Waals surface area contributed by atoms with Crippen molar-refractivity contribution in [2.45, 2.75) is 39.5 Å². The smallest absolute Gasteiger partial charge is 0.232 e. The van der Waals surface area contributed by atoms with Crippen LogP contribution in [0.4, 0.5) is 5.95 Å². The van der Waals surface area contributed by atoms with Crippen LogP contribution in [0.15, 0.2) is 6.07 Å². The molecule has 1 aromatic rings. The molecule has 1 atom stereocenters. The van der Waals surface area contributed by atoms with Crippen LogP contribution in [0.5, 0.6) is 5.88 Å². The van der Waals surface area contributed by atoms with Gasteiger partial charge in [-0.25, -0.2) is 4.98 Å². The lowest BCUT2D eigenvalue weighted by molar-refractivity contribution is -0.116. The summed E-state index contributed by atoms with van der Waals surface area (Å²) in [7, 11) is 1.53. The first-order chi connectivity index (χ1) is 9.58. The number of hydrogen-bond acceptors (Lipinski definition) is 5. The quantitative estimate of drug-likeness (QED) is 0.759. The van der Waals surface area contributed by atoms with Crippen molar-refractivity contribution in [1.82, 2.24) is 9.97 Å². The van der Waals surface area contributed by atoms with Gasteiger partial charge in [0, 0.05) is 18.2 Å². The van der Waals surface area contributed by atoms with Gasteiger partial charge in [0.05, 0.1) is 7.11 Å². The molecule has 1 unspecified atom stereocenters. The minimum Gasteiger partial charge on any atom is -0.481 e. The van der Waals surface area contributed by atoms with Crippen LogP contribution in [0, 0.1) is 12.8 Å². The second-order valence-corrected chi connectivity index (χ2v) is 4.81. The molecule has 0 aliphatic heterocycles. The van der Waals surface area contributed by atoms with Gasteiger partial charge >= 0.3 is 0 Å². The van der Waals surface area contributed by atoms with E-state index < -0.39 is 0 Å². The molecule has 1 heterocycles. The minimum atomic E-state index is -0.0758. The van der Waals surface area contributed by atoms with E-state index in [4.69, 9.17) is 10.5 Å². The molecule has 0 radical (unpaired) electrons. The fourth-order valence-electron chi connectivity index (χ4n) is 2.01. The average Bonchev–Trinajstić information content (AvgIpc) is 2.42. The van der Waals surface area contributed by atoms with E-state index in [0.29, 0.717) is 30.7 Å². The largest absolute Gasteiger partial charge is 0.481 e. The molecule has 1 rings (SSSR count). The highest BCUT2D eigenvalue weighted by atomic mass is 16.5. The third-order valence-electron chi connectivity index (χ3n) is 3.22. The van der Waals surface area contributed by atoms with Crippen molar-refractivity contribution < 1.29 is 9.53 Å². The summed E-state index contributed by atoms with van der Waals surface area (Å²) in [5, 5.41) is 2.71. The van der Waals surface area contributed by atoms with Crippen LogP contribution in [0.2, 0.25) is 0 Å². The average molecular weight is 280 g/mol. The molecule has 0 spiro atoms. The normalized spacial score (nSPS) is 12.0. The Kier molecular flexibility index (Phi) is 6.93. The van der Waals surface area contributed by atoms with E-state index in [9.17, 15) is 4.79 Å². The van der Waals surface area contributed by atoms with Gasteiger partial charge in [0.25, 0.3) is 0 Å². The summed E-state index contributed by atoms with van der Waals surface area (Å²) in [5.74, 6) is 1.16. The number of aromatic nitrogens is 2. The number of anilines is 1. The van der Waals surface area contributed by atoms with Gasteiger partial charge in [0.15, 0.2) is 0 Å². The molecule has 0 aliphatic rings. The first-order valence-electron chi connectivity index (χ1n) is 6.98. The van der Waals surface area contributed by atoms with Crippen molar-refractivity contribution in [2.24, 2.45) is 11.7 Å². The monoisotopic (exact) mass is 280 g/mol. The molecule has 0 aliphatic carbocycles. The van der Waals surface area contributed by atoms with Gasteiger partial charge in [0.2, 0.25) is 17.7 Å². The number of methoxy groups -OCH3 is 1. The molecule has 3 N–H and O–H groups in total. The Hall–Kier alpha value is -1.69. The van der Waals surface area contributed by atoms with Crippen molar-refractivity contribution in [1.29, 1.82) is 0 Å². The van der Waals surface area contributed by atoms with E-state index in [1.807, 2.05) is 6.92 Å². The molecule has 6 nitrogen and oxygen atoms in total. The first-order valence-corrected chi connectivity index (χ1v) is 6.98. The maximum atomic E-state index is 11.9. The number of ether oxygens (including phenoxy) is 1. The van der Waals surface area contributed by atoms with E-state index in [1.165, 1.54) is 7.11 Å². The minimum absolute atomic E-state index is 0.0758.